The Morgan fingerprint density at radius 3 is 2.54 bits per heavy atom. The number of likely N-dealkylation sites (tertiary alicyclic amines) is 1. The van der Waals surface area contributed by atoms with Crippen LogP contribution in [0.15, 0.2) is 40.1 Å². The summed E-state index contributed by atoms with van der Waals surface area (Å²) in [5, 5.41) is 3.48. The highest BCUT2D eigenvalue weighted by atomic mass is 32.2. The number of nitrogens with zero attached hydrogens (tertiary/aromatic N) is 3. The molecular formula is C25H28N4O4S2. The van der Waals surface area contributed by atoms with E-state index >= 15 is 0 Å². The fourth-order valence-electron chi connectivity index (χ4n) is 4.84. The number of carbonyl (C=O) groups excluding carboxylic acids is 3. The normalized spacial score (nSPS) is 21.1. The smallest absolute Gasteiger partial charge is 0.257 e. The number of methoxy groups -OCH3 is 1. The van der Waals surface area contributed by atoms with E-state index in [1.807, 2.05) is 28.9 Å². The van der Waals surface area contributed by atoms with Gasteiger partial charge in [0.15, 0.2) is 5.13 Å². The van der Waals surface area contributed by atoms with E-state index in [0.29, 0.717) is 29.5 Å². The van der Waals surface area contributed by atoms with Crippen molar-refractivity contribution in [1.29, 1.82) is 0 Å². The predicted octanol–water partition coefficient (Wildman–Crippen LogP) is 3.96. The Hall–Kier alpha value is -2.85. The third-order valence-electron chi connectivity index (χ3n) is 6.80. The third kappa shape index (κ3) is 4.81. The van der Waals surface area contributed by atoms with Crippen molar-refractivity contribution < 1.29 is 19.1 Å². The van der Waals surface area contributed by atoms with Gasteiger partial charge in [-0.05, 0) is 56.4 Å². The number of aromatic nitrogens is 1. The lowest BCUT2D eigenvalue weighted by atomic mass is 10.1. The van der Waals surface area contributed by atoms with Gasteiger partial charge < -0.3 is 19.9 Å². The molecule has 3 amide bonds. The van der Waals surface area contributed by atoms with Crippen molar-refractivity contribution >= 4 is 46.0 Å². The molecule has 1 N–H and O–H groups in total. The largest absolute Gasteiger partial charge is 0.496 e. The lowest BCUT2D eigenvalue weighted by Crippen LogP contribution is -2.56. The number of ether oxygens (including phenoxy) is 1. The van der Waals surface area contributed by atoms with Crippen molar-refractivity contribution in [2.75, 3.05) is 25.5 Å². The number of thiazole rings is 1. The summed E-state index contributed by atoms with van der Waals surface area (Å²) in [6.45, 7) is 6.62. The lowest BCUT2D eigenvalue weighted by Gasteiger charge is -2.40. The van der Waals surface area contributed by atoms with Gasteiger partial charge >= 0.3 is 0 Å². The summed E-state index contributed by atoms with van der Waals surface area (Å²) in [4.78, 5) is 46.9. The van der Waals surface area contributed by atoms with Crippen molar-refractivity contribution in [3.63, 3.8) is 0 Å². The van der Waals surface area contributed by atoms with E-state index in [1.54, 1.807) is 13.3 Å². The van der Waals surface area contributed by atoms with Gasteiger partial charge in [0.1, 0.15) is 5.75 Å². The van der Waals surface area contributed by atoms with Crippen LogP contribution < -0.4 is 10.1 Å². The maximum atomic E-state index is 13.6. The van der Waals surface area contributed by atoms with E-state index in [4.69, 9.17) is 4.74 Å². The van der Waals surface area contributed by atoms with Gasteiger partial charge in [0.2, 0.25) is 11.8 Å². The van der Waals surface area contributed by atoms with Gasteiger partial charge in [-0.15, -0.1) is 0 Å². The monoisotopic (exact) mass is 512 g/mol. The molecule has 2 atom stereocenters. The third-order valence-corrected chi connectivity index (χ3v) is 8.97. The molecule has 0 radical (unpaired) electrons. The van der Waals surface area contributed by atoms with Crippen molar-refractivity contribution in [1.82, 2.24) is 14.8 Å². The highest BCUT2D eigenvalue weighted by Crippen LogP contribution is 2.40. The van der Waals surface area contributed by atoms with Crippen LogP contribution in [0.5, 0.6) is 5.75 Å². The van der Waals surface area contributed by atoms with Crippen LogP contribution >= 0.6 is 23.1 Å². The minimum Gasteiger partial charge on any atom is -0.496 e. The molecule has 8 nitrogen and oxygen atoms in total. The summed E-state index contributed by atoms with van der Waals surface area (Å²) >= 11 is 2.94. The Balaban J connectivity index is 1.34. The Morgan fingerprint density at radius 2 is 1.91 bits per heavy atom. The van der Waals surface area contributed by atoms with Crippen LogP contribution in [0.1, 0.15) is 41.6 Å². The van der Waals surface area contributed by atoms with Gasteiger partial charge in [-0.1, -0.05) is 29.7 Å². The Kier molecular flexibility index (Phi) is 6.59. The molecule has 3 fully saturated rings. The summed E-state index contributed by atoms with van der Waals surface area (Å²) in [7, 11) is 1.57. The van der Waals surface area contributed by atoms with E-state index < -0.39 is 0 Å². The van der Waals surface area contributed by atoms with Crippen LogP contribution in [0.3, 0.4) is 0 Å². The second-order valence-electron chi connectivity index (χ2n) is 9.21. The van der Waals surface area contributed by atoms with Crippen molar-refractivity contribution in [3.05, 3.63) is 42.1 Å². The molecule has 5 rings (SSSR count). The second kappa shape index (κ2) is 9.66. The molecule has 1 unspecified atom stereocenters. The number of piperazine rings is 1. The number of hydrogen-bond acceptors (Lipinski definition) is 7. The number of aryl methyl sites for hydroxylation is 1. The second-order valence-corrected chi connectivity index (χ2v) is 11.6. The summed E-state index contributed by atoms with van der Waals surface area (Å²) < 4.78 is 6.50. The van der Waals surface area contributed by atoms with Crippen LogP contribution in [0.4, 0.5) is 5.13 Å². The van der Waals surface area contributed by atoms with Crippen LogP contribution in [-0.4, -0.2) is 64.8 Å². The maximum absolute atomic E-state index is 13.6. The molecule has 35 heavy (non-hydrogen) atoms. The summed E-state index contributed by atoms with van der Waals surface area (Å²) in [5.41, 5.74) is 1.50. The van der Waals surface area contributed by atoms with Gasteiger partial charge in [-0.25, -0.2) is 4.98 Å². The zero-order valence-electron chi connectivity index (χ0n) is 19.8. The summed E-state index contributed by atoms with van der Waals surface area (Å²) in [5.74, 6) is 0.546. The molecule has 0 spiro atoms. The average Bonchev–Trinajstić information content (AvgIpc) is 3.57. The zero-order chi connectivity index (χ0) is 24.7. The fourth-order valence-corrected chi connectivity index (χ4v) is 6.78. The number of carbonyl (C=O) groups is 3. The first-order valence-electron chi connectivity index (χ1n) is 11.7. The number of anilines is 1. The predicted molar refractivity (Wildman–Crippen MR) is 135 cm³/mol. The van der Waals surface area contributed by atoms with Crippen molar-refractivity contribution in [2.24, 2.45) is 5.92 Å². The molecule has 184 valence electrons. The van der Waals surface area contributed by atoms with Gasteiger partial charge in [-0.3, -0.25) is 14.4 Å². The number of hydrogen-bond donors (Lipinski definition) is 1. The molecular weight excluding hydrogens is 484 g/mol. The SMILES string of the molecule is C=CC(=O)N1C2CC[C@H]1CN(C(=O)c1cc(Sc3cnc(NC(=O)C4CC4)s3)c(C)cc1OC)C2. The first-order chi connectivity index (χ1) is 16.9. The number of rotatable bonds is 7. The molecule has 1 aromatic heterocycles. The number of nitrogens with one attached hydrogen (secondary N) is 1. The summed E-state index contributed by atoms with van der Waals surface area (Å²) in [6, 6.07) is 3.82. The zero-order valence-corrected chi connectivity index (χ0v) is 21.4. The highest BCUT2D eigenvalue weighted by Gasteiger charge is 2.43. The summed E-state index contributed by atoms with van der Waals surface area (Å²) in [6.07, 6.45) is 6.79. The maximum Gasteiger partial charge on any atom is 0.257 e. The number of fused-ring (bicyclic) bond motifs is 2. The van der Waals surface area contributed by atoms with Crippen LogP contribution in [0.25, 0.3) is 0 Å². The molecule has 1 aromatic carbocycles. The molecule has 10 heteroatoms. The Morgan fingerprint density at radius 1 is 1.20 bits per heavy atom. The van der Waals surface area contributed by atoms with E-state index in [0.717, 1.165) is 40.4 Å². The highest BCUT2D eigenvalue weighted by molar-refractivity contribution is 8.01. The van der Waals surface area contributed by atoms with Crippen molar-refractivity contribution in [3.8, 4) is 5.75 Å². The minimum absolute atomic E-state index is 0.0231. The first kappa shape index (κ1) is 23.9. The molecule has 2 saturated heterocycles. The van der Waals surface area contributed by atoms with Crippen LogP contribution in [0, 0.1) is 12.8 Å². The minimum atomic E-state index is -0.0898. The van der Waals surface area contributed by atoms with E-state index in [2.05, 4.69) is 16.9 Å². The molecule has 2 bridgehead atoms. The lowest BCUT2D eigenvalue weighted by molar-refractivity contribution is -0.131. The van der Waals surface area contributed by atoms with Gasteiger partial charge in [0.25, 0.3) is 5.91 Å². The van der Waals surface area contributed by atoms with Gasteiger partial charge in [0, 0.05) is 23.9 Å². The van der Waals surface area contributed by atoms with Gasteiger partial charge in [-0.2, -0.15) is 0 Å². The quantitative estimate of drug-likeness (QED) is 0.565. The standard InChI is InChI=1S/C25H28N4O4S2/c1-4-21(30)29-16-7-8-17(29)13-28(12-16)24(32)18-10-20(14(2)9-19(18)33-3)34-22-11-26-25(35-22)27-23(31)15-5-6-15/h4,9-11,15-17H,1,5-8,12-13H2,2-3H3,(H,26,27,31)/t16-,17?/m0/s1. The van der Waals surface area contributed by atoms with Crippen molar-refractivity contribution in [2.45, 2.75) is 53.8 Å². The fraction of sp³-hybridized carbons (Fsp3) is 0.440. The topological polar surface area (TPSA) is 91.8 Å². The van der Waals surface area contributed by atoms with Gasteiger partial charge in [0.05, 0.1) is 35.2 Å². The molecule has 2 aromatic rings. The number of benzene rings is 1. The molecule has 2 aliphatic heterocycles. The molecule has 3 aliphatic rings. The average molecular weight is 513 g/mol. The van der Waals surface area contributed by atoms with E-state index in [1.165, 1.54) is 29.2 Å². The van der Waals surface area contributed by atoms with E-state index in [-0.39, 0.29) is 35.7 Å². The molecule has 1 aliphatic carbocycles. The Bertz CT molecular complexity index is 1180. The van der Waals surface area contributed by atoms with Crippen LogP contribution in [0.2, 0.25) is 0 Å². The number of amides is 3. The van der Waals surface area contributed by atoms with Crippen LogP contribution in [-0.2, 0) is 9.59 Å². The van der Waals surface area contributed by atoms with E-state index in [9.17, 15) is 14.4 Å². The first-order valence-corrected chi connectivity index (χ1v) is 13.4. The Labute approximate surface area is 212 Å². The molecule has 1 saturated carbocycles. The molecule has 3 heterocycles.